The van der Waals surface area contributed by atoms with E-state index in [4.69, 9.17) is 10.00 Å². The van der Waals surface area contributed by atoms with Gasteiger partial charge in [0.25, 0.3) is 0 Å². The Balaban J connectivity index is 2.30. The van der Waals surface area contributed by atoms with Gasteiger partial charge < -0.3 is 15.4 Å². The molecule has 0 fully saturated rings. The summed E-state index contributed by atoms with van der Waals surface area (Å²) in [7, 11) is 1.71. The van der Waals surface area contributed by atoms with Gasteiger partial charge in [0.05, 0.1) is 23.9 Å². The first kappa shape index (κ1) is 15.0. The molecule has 0 saturated carbocycles. The number of ether oxygens (including phenoxy) is 1. The largest absolute Gasteiger partial charge is 0.464 e. The van der Waals surface area contributed by atoms with Crippen LogP contribution >= 0.6 is 15.9 Å². The lowest BCUT2D eigenvalue weighted by atomic mass is 10.2. The molecule has 2 rings (SSSR count). The Bertz CT molecular complexity index is 685. The summed E-state index contributed by atoms with van der Waals surface area (Å²) in [6.45, 7) is 2.32. The van der Waals surface area contributed by atoms with Crippen molar-refractivity contribution in [2.24, 2.45) is 0 Å². The topological polar surface area (TPSA) is 95.8 Å². The van der Waals surface area contributed by atoms with Crippen molar-refractivity contribution < 1.29 is 4.74 Å². The summed E-state index contributed by atoms with van der Waals surface area (Å²) in [5.74, 6) is 0.754. The van der Waals surface area contributed by atoms with E-state index in [1.165, 1.54) is 0 Å². The van der Waals surface area contributed by atoms with Crippen LogP contribution in [0.15, 0.2) is 22.7 Å². The minimum Gasteiger partial charge on any atom is -0.464 e. The van der Waals surface area contributed by atoms with Crippen LogP contribution in [-0.2, 0) is 0 Å². The lowest BCUT2D eigenvalue weighted by Gasteiger charge is -2.10. The highest BCUT2D eigenvalue weighted by molar-refractivity contribution is 9.10. The van der Waals surface area contributed by atoms with Gasteiger partial charge in [0.15, 0.2) is 0 Å². The zero-order valence-corrected chi connectivity index (χ0v) is 13.1. The van der Waals surface area contributed by atoms with Crippen LogP contribution in [0.3, 0.4) is 0 Å². The smallest absolute Gasteiger partial charge is 0.323 e. The zero-order chi connectivity index (χ0) is 15.2. The first-order valence-corrected chi connectivity index (χ1v) is 6.99. The number of hydrogen-bond acceptors (Lipinski definition) is 7. The molecule has 0 aliphatic rings. The van der Waals surface area contributed by atoms with E-state index in [1.54, 1.807) is 25.2 Å². The van der Waals surface area contributed by atoms with Gasteiger partial charge >= 0.3 is 6.01 Å². The normalized spacial score (nSPS) is 9.81. The van der Waals surface area contributed by atoms with E-state index in [0.717, 1.165) is 10.2 Å². The fraction of sp³-hybridized carbons (Fsp3) is 0.231. The minimum absolute atomic E-state index is 0.240. The lowest BCUT2D eigenvalue weighted by molar-refractivity contribution is 0.312. The number of anilines is 3. The van der Waals surface area contributed by atoms with Gasteiger partial charge in [-0.2, -0.15) is 20.2 Å². The van der Waals surface area contributed by atoms with E-state index < -0.39 is 0 Å². The highest BCUT2D eigenvalue weighted by Gasteiger charge is 2.08. The molecule has 2 aromatic rings. The molecule has 2 N–H and O–H groups in total. The van der Waals surface area contributed by atoms with Crippen molar-refractivity contribution in [2.45, 2.75) is 6.92 Å². The number of benzene rings is 1. The molecule has 0 bridgehead atoms. The second-order valence-electron chi connectivity index (χ2n) is 3.88. The molecule has 0 unspecified atom stereocenters. The summed E-state index contributed by atoms with van der Waals surface area (Å²) in [4.78, 5) is 12.5. The van der Waals surface area contributed by atoms with E-state index in [2.05, 4.69) is 47.6 Å². The molecule has 1 aromatic carbocycles. The van der Waals surface area contributed by atoms with Crippen LogP contribution in [0.1, 0.15) is 12.5 Å². The highest BCUT2D eigenvalue weighted by atomic mass is 79.9. The van der Waals surface area contributed by atoms with Crippen molar-refractivity contribution in [1.82, 2.24) is 15.0 Å². The fourth-order valence-corrected chi connectivity index (χ4v) is 2.00. The van der Waals surface area contributed by atoms with Crippen molar-refractivity contribution in [3.05, 3.63) is 28.2 Å². The third-order valence-electron chi connectivity index (χ3n) is 2.46. The van der Waals surface area contributed by atoms with Crippen molar-refractivity contribution >= 4 is 33.5 Å². The molecule has 21 heavy (non-hydrogen) atoms. The van der Waals surface area contributed by atoms with Crippen LogP contribution in [-0.4, -0.2) is 28.6 Å². The molecule has 0 atom stereocenters. The number of hydrogen-bond donors (Lipinski definition) is 2. The molecule has 0 aliphatic carbocycles. The number of rotatable bonds is 5. The first-order valence-electron chi connectivity index (χ1n) is 6.19. The van der Waals surface area contributed by atoms with Gasteiger partial charge in [0, 0.05) is 11.5 Å². The Labute approximate surface area is 130 Å². The number of nitrogens with one attached hydrogen (secondary N) is 2. The predicted octanol–water partition coefficient (Wildman–Crippen LogP) is 2.69. The third kappa shape index (κ3) is 3.79. The molecule has 0 aliphatic heterocycles. The molecule has 0 radical (unpaired) electrons. The SMILES string of the molecule is CCOc1nc(NC)nc(Nc2ccc(C#N)cc2Br)n1. The van der Waals surface area contributed by atoms with Crippen molar-refractivity contribution in [2.75, 3.05) is 24.3 Å². The highest BCUT2D eigenvalue weighted by Crippen LogP contribution is 2.26. The summed E-state index contributed by atoms with van der Waals surface area (Å²) in [6.07, 6.45) is 0. The average Bonchev–Trinajstić information content (AvgIpc) is 2.49. The molecular formula is C13H13BrN6O. The number of nitriles is 1. The van der Waals surface area contributed by atoms with Gasteiger partial charge in [0.2, 0.25) is 11.9 Å². The van der Waals surface area contributed by atoms with Gasteiger partial charge in [0.1, 0.15) is 0 Å². The molecule has 7 nitrogen and oxygen atoms in total. The minimum atomic E-state index is 0.240. The Hall–Kier alpha value is -2.40. The molecule has 0 saturated heterocycles. The summed E-state index contributed by atoms with van der Waals surface area (Å²) in [5.41, 5.74) is 1.30. The maximum absolute atomic E-state index is 8.86. The molecule has 1 aromatic heterocycles. The molecule has 108 valence electrons. The predicted molar refractivity (Wildman–Crippen MR) is 82.7 cm³/mol. The van der Waals surface area contributed by atoms with Gasteiger partial charge in [-0.1, -0.05) is 0 Å². The second kappa shape index (κ2) is 6.85. The van der Waals surface area contributed by atoms with E-state index in [9.17, 15) is 0 Å². The Morgan fingerprint density at radius 3 is 2.67 bits per heavy atom. The fourth-order valence-electron chi connectivity index (χ4n) is 1.52. The van der Waals surface area contributed by atoms with E-state index in [1.807, 2.05) is 6.92 Å². The van der Waals surface area contributed by atoms with Crippen LogP contribution in [0, 0.1) is 11.3 Å². The Morgan fingerprint density at radius 1 is 1.29 bits per heavy atom. The van der Waals surface area contributed by atoms with Gasteiger partial charge in [-0.3, -0.25) is 0 Å². The van der Waals surface area contributed by atoms with E-state index in [-0.39, 0.29) is 6.01 Å². The quantitative estimate of drug-likeness (QED) is 0.857. The maximum Gasteiger partial charge on any atom is 0.323 e. The lowest BCUT2D eigenvalue weighted by Crippen LogP contribution is -2.07. The van der Waals surface area contributed by atoms with Crippen LogP contribution in [0.4, 0.5) is 17.6 Å². The third-order valence-corrected chi connectivity index (χ3v) is 3.11. The van der Waals surface area contributed by atoms with E-state index >= 15 is 0 Å². The first-order chi connectivity index (χ1) is 10.2. The Morgan fingerprint density at radius 2 is 2.05 bits per heavy atom. The summed E-state index contributed by atoms with van der Waals surface area (Å²) < 4.78 is 6.04. The molecule has 0 spiro atoms. The average molecular weight is 349 g/mol. The van der Waals surface area contributed by atoms with Crippen LogP contribution < -0.4 is 15.4 Å². The van der Waals surface area contributed by atoms with Crippen molar-refractivity contribution in [3.63, 3.8) is 0 Å². The van der Waals surface area contributed by atoms with Crippen LogP contribution in [0.2, 0.25) is 0 Å². The van der Waals surface area contributed by atoms with Crippen molar-refractivity contribution in [3.8, 4) is 12.1 Å². The maximum atomic E-state index is 8.86. The van der Waals surface area contributed by atoms with Crippen LogP contribution in [0.5, 0.6) is 6.01 Å². The van der Waals surface area contributed by atoms with Crippen LogP contribution in [0.25, 0.3) is 0 Å². The second-order valence-corrected chi connectivity index (χ2v) is 4.73. The summed E-state index contributed by atoms with van der Waals surface area (Å²) in [5, 5.41) is 14.8. The molecule has 8 heteroatoms. The van der Waals surface area contributed by atoms with Gasteiger partial charge in [-0.25, -0.2) is 0 Å². The number of halogens is 1. The summed E-state index contributed by atoms with van der Waals surface area (Å²) >= 11 is 3.40. The Kier molecular flexibility index (Phi) is 4.90. The molecular weight excluding hydrogens is 336 g/mol. The van der Waals surface area contributed by atoms with Crippen molar-refractivity contribution in [1.29, 1.82) is 5.26 Å². The summed E-state index contributed by atoms with van der Waals surface area (Å²) in [6, 6.07) is 7.50. The monoisotopic (exact) mass is 348 g/mol. The molecule has 0 amide bonds. The standard InChI is InChI=1S/C13H13BrN6O/c1-3-21-13-19-11(16-2)18-12(20-13)17-10-5-4-8(7-15)6-9(10)14/h4-6H,3H2,1-2H3,(H2,16,17,18,19,20). The number of aromatic nitrogens is 3. The zero-order valence-electron chi connectivity index (χ0n) is 11.5. The number of nitrogens with zero attached hydrogens (tertiary/aromatic N) is 4. The molecule has 1 heterocycles. The van der Waals surface area contributed by atoms with E-state index in [0.29, 0.717) is 24.1 Å². The van der Waals surface area contributed by atoms with Gasteiger partial charge in [-0.05, 0) is 41.1 Å². The van der Waals surface area contributed by atoms with Gasteiger partial charge in [-0.15, -0.1) is 0 Å².